The molecule has 1 amide bonds. The maximum absolute atomic E-state index is 12.5. The Bertz CT molecular complexity index is 691. The highest BCUT2D eigenvalue weighted by Crippen LogP contribution is 2.14. The Hall–Kier alpha value is -2.02. The normalized spacial score (nSPS) is 18.6. The van der Waals surface area contributed by atoms with E-state index < -0.39 is 0 Å². The van der Waals surface area contributed by atoms with Gasteiger partial charge in [-0.15, -0.1) is 5.10 Å². The number of carbonyl (C=O) groups is 1. The van der Waals surface area contributed by atoms with Crippen molar-refractivity contribution in [1.29, 1.82) is 0 Å². The topological polar surface area (TPSA) is 72.6 Å². The molecule has 0 bridgehead atoms. The lowest BCUT2D eigenvalue weighted by molar-refractivity contribution is -0.000396. The molecular formula is C15H21N5O2. The van der Waals surface area contributed by atoms with E-state index in [1.54, 1.807) is 16.5 Å². The highest BCUT2D eigenvalue weighted by Gasteiger charge is 2.23. The molecule has 0 spiro atoms. The summed E-state index contributed by atoms with van der Waals surface area (Å²) in [4.78, 5) is 22.7. The molecule has 3 rings (SSSR count). The number of hydrogen-bond acceptors (Lipinski definition) is 5. The standard InChI is InChI=1S/C15H21N5O2/c1-10-8-11(2)20-15(16-10)17-13(18-20)14(21)19(3)9-12-6-4-5-7-22-12/h8,12H,4-7,9H2,1-3H3. The second-order valence-corrected chi connectivity index (χ2v) is 5.86. The number of nitrogens with zero attached hydrogens (tertiary/aromatic N) is 5. The van der Waals surface area contributed by atoms with Crippen LogP contribution in [-0.2, 0) is 4.74 Å². The zero-order valence-electron chi connectivity index (χ0n) is 13.2. The number of aryl methyl sites for hydroxylation is 2. The van der Waals surface area contributed by atoms with Crippen molar-refractivity contribution in [2.75, 3.05) is 20.2 Å². The second kappa shape index (κ2) is 6.00. The van der Waals surface area contributed by atoms with Crippen molar-refractivity contribution >= 4 is 11.7 Å². The fourth-order valence-electron chi connectivity index (χ4n) is 2.77. The summed E-state index contributed by atoms with van der Waals surface area (Å²) in [5, 5.41) is 4.28. The maximum atomic E-state index is 12.5. The maximum Gasteiger partial charge on any atom is 0.293 e. The SMILES string of the molecule is Cc1cc(C)n2nc(C(=O)N(C)CC3CCCCO3)nc2n1. The molecule has 0 aliphatic carbocycles. The van der Waals surface area contributed by atoms with Gasteiger partial charge in [0.2, 0.25) is 5.82 Å². The quantitative estimate of drug-likeness (QED) is 0.856. The molecule has 0 aromatic carbocycles. The van der Waals surface area contributed by atoms with Crippen LogP contribution in [-0.4, -0.2) is 56.7 Å². The summed E-state index contributed by atoms with van der Waals surface area (Å²) in [5.74, 6) is 0.444. The molecule has 118 valence electrons. The van der Waals surface area contributed by atoms with Crippen LogP contribution in [0.2, 0.25) is 0 Å². The van der Waals surface area contributed by atoms with Crippen molar-refractivity contribution < 1.29 is 9.53 Å². The molecule has 1 fully saturated rings. The minimum atomic E-state index is -0.197. The van der Waals surface area contributed by atoms with E-state index in [-0.39, 0.29) is 17.8 Å². The predicted octanol–water partition coefficient (Wildman–Crippen LogP) is 1.38. The third-order valence-electron chi connectivity index (χ3n) is 3.91. The molecule has 1 atom stereocenters. The van der Waals surface area contributed by atoms with E-state index in [9.17, 15) is 4.79 Å². The van der Waals surface area contributed by atoms with Crippen molar-refractivity contribution in [1.82, 2.24) is 24.5 Å². The van der Waals surface area contributed by atoms with Gasteiger partial charge in [-0.25, -0.2) is 9.50 Å². The fourth-order valence-corrected chi connectivity index (χ4v) is 2.77. The first-order valence-electron chi connectivity index (χ1n) is 7.62. The van der Waals surface area contributed by atoms with Crippen molar-refractivity contribution in [2.45, 2.75) is 39.2 Å². The van der Waals surface area contributed by atoms with E-state index >= 15 is 0 Å². The fraction of sp³-hybridized carbons (Fsp3) is 0.600. The van der Waals surface area contributed by atoms with E-state index in [0.717, 1.165) is 37.3 Å². The molecule has 3 heterocycles. The Balaban J connectivity index is 1.77. The first-order valence-corrected chi connectivity index (χ1v) is 7.62. The van der Waals surface area contributed by atoms with E-state index in [1.165, 1.54) is 0 Å². The lowest BCUT2D eigenvalue weighted by Gasteiger charge is -2.26. The average molecular weight is 303 g/mol. The van der Waals surface area contributed by atoms with Crippen LogP contribution in [0.1, 0.15) is 41.3 Å². The van der Waals surface area contributed by atoms with Crippen LogP contribution in [0.3, 0.4) is 0 Å². The summed E-state index contributed by atoms with van der Waals surface area (Å²) < 4.78 is 7.28. The van der Waals surface area contributed by atoms with E-state index in [4.69, 9.17) is 4.74 Å². The van der Waals surface area contributed by atoms with E-state index in [2.05, 4.69) is 15.1 Å². The molecule has 0 N–H and O–H groups in total. The monoisotopic (exact) mass is 303 g/mol. The minimum absolute atomic E-state index is 0.113. The van der Waals surface area contributed by atoms with E-state index in [0.29, 0.717) is 12.3 Å². The number of carbonyl (C=O) groups excluding carboxylic acids is 1. The summed E-state index contributed by atoms with van der Waals surface area (Å²) in [6, 6.07) is 1.91. The van der Waals surface area contributed by atoms with Gasteiger partial charge in [0.05, 0.1) is 6.10 Å². The van der Waals surface area contributed by atoms with Gasteiger partial charge >= 0.3 is 0 Å². The Morgan fingerprint density at radius 2 is 2.23 bits per heavy atom. The van der Waals surface area contributed by atoms with Crippen molar-refractivity contribution in [3.05, 3.63) is 23.3 Å². The van der Waals surface area contributed by atoms with Gasteiger partial charge in [-0.05, 0) is 39.2 Å². The minimum Gasteiger partial charge on any atom is -0.376 e. The highest BCUT2D eigenvalue weighted by atomic mass is 16.5. The summed E-state index contributed by atoms with van der Waals surface area (Å²) >= 11 is 0. The second-order valence-electron chi connectivity index (χ2n) is 5.86. The third kappa shape index (κ3) is 2.94. The highest BCUT2D eigenvalue weighted by molar-refractivity contribution is 5.90. The molecule has 7 nitrogen and oxygen atoms in total. The molecule has 1 unspecified atom stereocenters. The number of likely N-dealkylation sites (N-methyl/N-ethyl adjacent to an activating group) is 1. The van der Waals surface area contributed by atoms with Gasteiger partial charge < -0.3 is 9.64 Å². The number of hydrogen-bond donors (Lipinski definition) is 0. The summed E-state index contributed by atoms with van der Waals surface area (Å²) in [6.45, 7) is 5.17. The number of rotatable bonds is 3. The zero-order chi connectivity index (χ0) is 15.7. The Morgan fingerprint density at radius 3 is 2.95 bits per heavy atom. The first-order chi connectivity index (χ1) is 10.5. The van der Waals surface area contributed by atoms with Gasteiger partial charge in [0.25, 0.3) is 11.7 Å². The Morgan fingerprint density at radius 1 is 1.41 bits per heavy atom. The van der Waals surface area contributed by atoms with Crippen LogP contribution >= 0.6 is 0 Å². The molecule has 1 saturated heterocycles. The number of ether oxygens (including phenoxy) is 1. The molecule has 22 heavy (non-hydrogen) atoms. The smallest absolute Gasteiger partial charge is 0.293 e. The number of fused-ring (bicyclic) bond motifs is 1. The van der Waals surface area contributed by atoms with Crippen molar-refractivity contribution in [3.8, 4) is 0 Å². The van der Waals surface area contributed by atoms with Crippen molar-refractivity contribution in [2.24, 2.45) is 0 Å². The molecule has 1 aliphatic rings. The van der Waals surface area contributed by atoms with Crippen LogP contribution < -0.4 is 0 Å². The van der Waals surface area contributed by atoms with Gasteiger partial charge in [-0.2, -0.15) is 4.98 Å². The molecule has 1 aliphatic heterocycles. The summed E-state index contributed by atoms with van der Waals surface area (Å²) in [5.41, 5.74) is 1.77. The van der Waals surface area contributed by atoms with Gasteiger partial charge in [0, 0.05) is 31.6 Å². The van der Waals surface area contributed by atoms with E-state index in [1.807, 2.05) is 19.9 Å². The van der Waals surface area contributed by atoms with Crippen LogP contribution in [0.5, 0.6) is 0 Å². The number of aromatic nitrogens is 4. The van der Waals surface area contributed by atoms with Crippen LogP contribution in [0.25, 0.3) is 5.78 Å². The zero-order valence-corrected chi connectivity index (χ0v) is 13.2. The molecule has 2 aromatic rings. The van der Waals surface area contributed by atoms with Crippen LogP contribution in [0, 0.1) is 13.8 Å². The number of amides is 1. The van der Waals surface area contributed by atoms with Gasteiger partial charge in [-0.1, -0.05) is 0 Å². The van der Waals surface area contributed by atoms with Crippen LogP contribution in [0.4, 0.5) is 0 Å². The summed E-state index contributed by atoms with van der Waals surface area (Å²) in [6.07, 6.45) is 3.37. The predicted molar refractivity (Wildman–Crippen MR) is 80.8 cm³/mol. The van der Waals surface area contributed by atoms with Gasteiger partial charge in [0.15, 0.2) is 0 Å². The average Bonchev–Trinajstić information content (AvgIpc) is 2.91. The molecule has 0 radical (unpaired) electrons. The first kappa shape index (κ1) is 14.9. The molecule has 7 heteroatoms. The molecule has 2 aromatic heterocycles. The van der Waals surface area contributed by atoms with Crippen LogP contribution in [0.15, 0.2) is 6.07 Å². The molecular weight excluding hydrogens is 282 g/mol. The third-order valence-corrected chi connectivity index (χ3v) is 3.91. The van der Waals surface area contributed by atoms with Gasteiger partial charge in [-0.3, -0.25) is 4.79 Å². The largest absolute Gasteiger partial charge is 0.376 e. The lowest BCUT2D eigenvalue weighted by atomic mass is 10.1. The van der Waals surface area contributed by atoms with Crippen molar-refractivity contribution in [3.63, 3.8) is 0 Å². The van der Waals surface area contributed by atoms with Gasteiger partial charge in [0.1, 0.15) is 0 Å². The Kier molecular flexibility index (Phi) is 4.06. The molecule has 0 saturated carbocycles. The Labute approximate surface area is 129 Å². The lowest BCUT2D eigenvalue weighted by Crippen LogP contribution is -2.37. The summed E-state index contributed by atoms with van der Waals surface area (Å²) in [7, 11) is 1.76.